The summed E-state index contributed by atoms with van der Waals surface area (Å²) in [5, 5.41) is 3.57. The Bertz CT molecular complexity index is 383. The van der Waals surface area contributed by atoms with Gasteiger partial charge in [0.15, 0.2) is 0 Å². The summed E-state index contributed by atoms with van der Waals surface area (Å²) in [7, 11) is 0. The molecule has 0 aromatic carbocycles. The van der Waals surface area contributed by atoms with Crippen molar-refractivity contribution in [3.63, 3.8) is 0 Å². The van der Waals surface area contributed by atoms with E-state index in [-0.39, 0.29) is 0 Å². The van der Waals surface area contributed by atoms with Crippen LogP contribution in [0.4, 0.5) is 5.82 Å². The van der Waals surface area contributed by atoms with E-state index in [1.54, 1.807) is 0 Å². The van der Waals surface area contributed by atoms with Gasteiger partial charge in [0, 0.05) is 30.9 Å². The molecule has 1 unspecified atom stereocenters. The van der Waals surface area contributed by atoms with Crippen LogP contribution in [-0.4, -0.2) is 24.6 Å². The lowest BCUT2D eigenvalue weighted by Gasteiger charge is -2.33. The molecule has 0 aliphatic carbocycles. The van der Waals surface area contributed by atoms with Crippen molar-refractivity contribution in [2.24, 2.45) is 5.92 Å². The molecule has 1 saturated heterocycles. The summed E-state index contributed by atoms with van der Waals surface area (Å²) in [4.78, 5) is 7.10. The average Bonchev–Trinajstić information content (AvgIpc) is 2.45. The first-order valence-electron chi connectivity index (χ1n) is 7.65. The number of hydrogen-bond acceptors (Lipinski definition) is 3. The van der Waals surface area contributed by atoms with Crippen molar-refractivity contribution >= 4 is 5.82 Å². The van der Waals surface area contributed by atoms with Crippen molar-refractivity contribution in [1.82, 2.24) is 10.3 Å². The topological polar surface area (TPSA) is 28.2 Å². The van der Waals surface area contributed by atoms with E-state index in [1.165, 1.54) is 30.6 Å². The molecule has 2 heterocycles. The normalized spacial score (nSPS) is 18.6. The van der Waals surface area contributed by atoms with Gasteiger partial charge in [0.1, 0.15) is 5.82 Å². The predicted molar refractivity (Wildman–Crippen MR) is 81.6 cm³/mol. The van der Waals surface area contributed by atoms with Gasteiger partial charge in [-0.25, -0.2) is 4.98 Å². The molecule has 3 heteroatoms. The van der Waals surface area contributed by atoms with Crippen molar-refractivity contribution in [1.29, 1.82) is 0 Å². The minimum absolute atomic E-state index is 0.378. The van der Waals surface area contributed by atoms with Gasteiger partial charge < -0.3 is 10.2 Å². The highest BCUT2D eigenvalue weighted by Gasteiger charge is 2.20. The SMILES string of the molecule is CCCNC(C)c1cccnc1N1CCC(C)CC1. The summed E-state index contributed by atoms with van der Waals surface area (Å²) < 4.78 is 0. The van der Waals surface area contributed by atoms with E-state index < -0.39 is 0 Å². The van der Waals surface area contributed by atoms with Crippen LogP contribution in [0.25, 0.3) is 0 Å². The van der Waals surface area contributed by atoms with Crippen LogP contribution in [0.1, 0.15) is 51.6 Å². The minimum atomic E-state index is 0.378. The molecule has 3 nitrogen and oxygen atoms in total. The fourth-order valence-corrected chi connectivity index (χ4v) is 2.70. The lowest BCUT2D eigenvalue weighted by Crippen LogP contribution is -2.35. The maximum absolute atomic E-state index is 4.64. The lowest BCUT2D eigenvalue weighted by atomic mass is 9.98. The molecule has 0 bridgehead atoms. The van der Waals surface area contributed by atoms with E-state index in [1.807, 2.05) is 6.20 Å². The third kappa shape index (κ3) is 3.69. The zero-order valence-electron chi connectivity index (χ0n) is 12.5. The number of aromatic nitrogens is 1. The number of piperidine rings is 1. The lowest BCUT2D eigenvalue weighted by molar-refractivity contribution is 0.434. The smallest absolute Gasteiger partial charge is 0.133 e. The Morgan fingerprint density at radius 2 is 2.16 bits per heavy atom. The Kier molecular flexibility index (Phi) is 5.20. The van der Waals surface area contributed by atoms with E-state index in [2.05, 4.69) is 48.1 Å². The third-order valence-electron chi connectivity index (χ3n) is 4.07. The zero-order chi connectivity index (χ0) is 13.7. The molecule has 0 saturated carbocycles. The zero-order valence-corrected chi connectivity index (χ0v) is 12.5. The fourth-order valence-electron chi connectivity index (χ4n) is 2.70. The highest BCUT2D eigenvalue weighted by atomic mass is 15.2. The van der Waals surface area contributed by atoms with Gasteiger partial charge in [-0.05, 0) is 44.7 Å². The minimum Gasteiger partial charge on any atom is -0.356 e. The first-order valence-corrected chi connectivity index (χ1v) is 7.65. The van der Waals surface area contributed by atoms with E-state index in [0.717, 1.165) is 25.6 Å². The van der Waals surface area contributed by atoms with Gasteiger partial charge in [0.05, 0.1) is 0 Å². The second-order valence-corrected chi connectivity index (χ2v) is 5.76. The molecule has 1 aromatic heterocycles. The Balaban J connectivity index is 2.11. The van der Waals surface area contributed by atoms with Crippen LogP contribution >= 0.6 is 0 Å². The fraction of sp³-hybridized carbons (Fsp3) is 0.688. The summed E-state index contributed by atoms with van der Waals surface area (Å²) in [5.41, 5.74) is 1.34. The van der Waals surface area contributed by atoms with Crippen molar-refractivity contribution in [3.05, 3.63) is 23.9 Å². The van der Waals surface area contributed by atoms with Gasteiger partial charge in [-0.1, -0.05) is 19.9 Å². The largest absolute Gasteiger partial charge is 0.356 e. The van der Waals surface area contributed by atoms with E-state index in [9.17, 15) is 0 Å². The first kappa shape index (κ1) is 14.3. The van der Waals surface area contributed by atoms with Crippen molar-refractivity contribution in [2.45, 2.75) is 46.1 Å². The van der Waals surface area contributed by atoms with E-state index >= 15 is 0 Å². The first-order chi connectivity index (χ1) is 9.22. The van der Waals surface area contributed by atoms with Crippen LogP contribution in [0.2, 0.25) is 0 Å². The van der Waals surface area contributed by atoms with Crippen LogP contribution < -0.4 is 10.2 Å². The van der Waals surface area contributed by atoms with Crippen molar-refractivity contribution < 1.29 is 0 Å². The quantitative estimate of drug-likeness (QED) is 0.880. The van der Waals surface area contributed by atoms with Crippen LogP contribution in [0.3, 0.4) is 0 Å². The summed E-state index contributed by atoms with van der Waals surface area (Å²) >= 11 is 0. The number of pyridine rings is 1. The Hall–Kier alpha value is -1.09. The monoisotopic (exact) mass is 261 g/mol. The summed E-state index contributed by atoms with van der Waals surface area (Å²) in [6.45, 7) is 10.1. The summed E-state index contributed by atoms with van der Waals surface area (Å²) in [6, 6.07) is 4.64. The number of anilines is 1. The predicted octanol–water partition coefficient (Wildman–Crippen LogP) is 3.38. The number of nitrogens with one attached hydrogen (secondary N) is 1. The van der Waals surface area contributed by atoms with Crippen LogP contribution in [0, 0.1) is 5.92 Å². The van der Waals surface area contributed by atoms with Crippen LogP contribution in [0.5, 0.6) is 0 Å². The van der Waals surface area contributed by atoms with Crippen LogP contribution in [-0.2, 0) is 0 Å². The highest BCUT2D eigenvalue weighted by molar-refractivity contribution is 5.48. The van der Waals surface area contributed by atoms with Gasteiger partial charge >= 0.3 is 0 Å². The molecular weight excluding hydrogens is 234 g/mol. The summed E-state index contributed by atoms with van der Waals surface area (Å²) in [5.74, 6) is 2.05. The molecule has 1 aliphatic heterocycles. The second kappa shape index (κ2) is 6.90. The average molecular weight is 261 g/mol. The van der Waals surface area contributed by atoms with Crippen molar-refractivity contribution in [3.8, 4) is 0 Å². The standard InChI is InChI=1S/C16H27N3/c1-4-9-17-14(3)15-6-5-10-18-16(15)19-11-7-13(2)8-12-19/h5-6,10,13-14,17H,4,7-9,11-12H2,1-3H3. The molecule has 1 N–H and O–H groups in total. The molecule has 0 amide bonds. The van der Waals surface area contributed by atoms with Crippen LogP contribution in [0.15, 0.2) is 18.3 Å². The van der Waals surface area contributed by atoms with E-state index in [0.29, 0.717) is 6.04 Å². The maximum Gasteiger partial charge on any atom is 0.133 e. The molecule has 0 radical (unpaired) electrons. The maximum atomic E-state index is 4.64. The van der Waals surface area contributed by atoms with Gasteiger partial charge in [-0.2, -0.15) is 0 Å². The Morgan fingerprint density at radius 1 is 1.42 bits per heavy atom. The number of nitrogens with zero attached hydrogens (tertiary/aromatic N) is 2. The van der Waals surface area contributed by atoms with Gasteiger partial charge in [-0.15, -0.1) is 0 Å². The molecule has 19 heavy (non-hydrogen) atoms. The molecule has 1 atom stereocenters. The van der Waals surface area contributed by atoms with Crippen molar-refractivity contribution in [2.75, 3.05) is 24.5 Å². The molecule has 1 aliphatic rings. The second-order valence-electron chi connectivity index (χ2n) is 5.76. The molecular formula is C16H27N3. The molecule has 2 rings (SSSR count). The number of hydrogen-bond donors (Lipinski definition) is 1. The molecule has 1 aromatic rings. The molecule has 1 fully saturated rings. The Morgan fingerprint density at radius 3 is 2.84 bits per heavy atom. The Labute approximate surface area is 117 Å². The summed E-state index contributed by atoms with van der Waals surface area (Å²) in [6.07, 6.45) is 5.66. The third-order valence-corrected chi connectivity index (χ3v) is 4.07. The molecule has 106 valence electrons. The van der Waals surface area contributed by atoms with Gasteiger partial charge in [0.2, 0.25) is 0 Å². The molecule has 0 spiro atoms. The highest BCUT2D eigenvalue weighted by Crippen LogP contribution is 2.27. The van der Waals surface area contributed by atoms with E-state index in [4.69, 9.17) is 0 Å². The van der Waals surface area contributed by atoms with Gasteiger partial charge in [0.25, 0.3) is 0 Å². The van der Waals surface area contributed by atoms with Gasteiger partial charge in [-0.3, -0.25) is 0 Å². The number of rotatable bonds is 5.